The minimum Gasteiger partial charge on any atom is -0.329 e. The average molecular weight is 251 g/mol. The number of hydrogen-bond acceptors (Lipinski definition) is 1. The van der Waals surface area contributed by atoms with E-state index in [0.717, 1.165) is 17.3 Å². The molecule has 1 aliphatic rings. The molecule has 0 aliphatic carbocycles. The van der Waals surface area contributed by atoms with Crippen LogP contribution in [-0.2, 0) is 6.42 Å². The fourth-order valence-corrected chi connectivity index (χ4v) is 2.65. The molecular weight excluding hydrogens is 240 g/mol. The third-order valence-corrected chi connectivity index (χ3v) is 3.40. The Kier molecular flexibility index (Phi) is 1.73. The molecule has 0 radical (unpaired) electrons. The van der Waals surface area contributed by atoms with Crippen molar-refractivity contribution in [2.24, 2.45) is 5.73 Å². The summed E-state index contributed by atoms with van der Waals surface area (Å²) in [4.78, 5) is 0. The number of aromatic nitrogens is 1. The Morgan fingerprint density at radius 1 is 1.36 bits per heavy atom. The van der Waals surface area contributed by atoms with Crippen LogP contribution in [0.25, 0.3) is 10.9 Å². The van der Waals surface area contributed by atoms with Crippen LogP contribution in [0.1, 0.15) is 18.3 Å². The van der Waals surface area contributed by atoms with Crippen molar-refractivity contribution in [1.29, 1.82) is 0 Å². The standard InChI is InChI=1S/C11H11BrN2/c12-8-1-3-10-7(5-8)6-9-2-4-11(13)14(9)10/h1,3,5-6,11H,2,4,13H2. The van der Waals surface area contributed by atoms with Gasteiger partial charge in [-0.05, 0) is 37.1 Å². The van der Waals surface area contributed by atoms with E-state index in [9.17, 15) is 0 Å². The predicted octanol–water partition coefficient (Wildman–Crippen LogP) is 2.81. The summed E-state index contributed by atoms with van der Waals surface area (Å²) in [5.74, 6) is 0. The van der Waals surface area contributed by atoms with Gasteiger partial charge in [0.15, 0.2) is 0 Å². The first kappa shape index (κ1) is 8.50. The first-order valence-electron chi connectivity index (χ1n) is 4.80. The van der Waals surface area contributed by atoms with E-state index in [4.69, 9.17) is 5.73 Å². The second-order valence-electron chi connectivity index (χ2n) is 3.81. The van der Waals surface area contributed by atoms with Crippen molar-refractivity contribution in [3.05, 3.63) is 34.4 Å². The summed E-state index contributed by atoms with van der Waals surface area (Å²) in [6.07, 6.45) is 2.35. The zero-order valence-corrected chi connectivity index (χ0v) is 9.29. The molecule has 72 valence electrons. The van der Waals surface area contributed by atoms with Gasteiger partial charge in [0, 0.05) is 21.1 Å². The first-order chi connectivity index (χ1) is 6.75. The number of hydrogen-bond donors (Lipinski definition) is 1. The highest BCUT2D eigenvalue weighted by atomic mass is 79.9. The quantitative estimate of drug-likeness (QED) is 0.766. The van der Waals surface area contributed by atoms with Crippen molar-refractivity contribution in [1.82, 2.24) is 4.57 Å². The van der Waals surface area contributed by atoms with Crippen LogP contribution in [0.15, 0.2) is 28.7 Å². The van der Waals surface area contributed by atoms with E-state index in [1.807, 2.05) is 0 Å². The lowest BCUT2D eigenvalue weighted by molar-refractivity contribution is 0.567. The average Bonchev–Trinajstić information content (AvgIpc) is 2.66. The number of nitrogens with two attached hydrogens (primary N) is 1. The number of aryl methyl sites for hydroxylation is 1. The molecule has 3 rings (SSSR count). The Morgan fingerprint density at radius 3 is 3.07 bits per heavy atom. The molecule has 2 aromatic rings. The molecule has 0 saturated carbocycles. The summed E-state index contributed by atoms with van der Waals surface area (Å²) in [6.45, 7) is 0. The maximum Gasteiger partial charge on any atom is 0.0821 e. The van der Waals surface area contributed by atoms with Crippen molar-refractivity contribution in [2.75, 3.05) is 0 Å². The van der Waals surface area contributed by atoms with Crippen molar-refractivity contribution in [3.8, 4) is 0 Å². The van der Waals surface area contributed by atoms with Crippen molar-refractivity contribution >= 4 is 26.8 Å². The molecule has 1 unspecified atom stereocenters. The van der Waals surface area contributed by atoms with Gasteiger partial charge in [-0.1, -0.05) is 15.9 Å². The molecule has 2 heterocycles. The van der Waals surface area contributed by atoms with Crippen LogP contribution in [0.4, 0.5) is 0 Å². The van der Waals surface area contributed by atoms with Crippen LogP contribution >= 0.6 is 15.9 Å². The Hall–Kier alpha value is -0.800. The molecule has 1 atom stereocenters. The van der Waals surface area contributed by atoms with E-state index in [0.29, 0.717) is 0 Å². The van der Waals surface area contributed by atoms with Crippen LogP contribution in [0.3, 0.4) is 0 Å². The molecule has 0 fully saturated rings. The molecule has 1 aliphatic heterocycles. The largest absolute Gasteiger partial charge is 0.329 e. The van der Waals surface area contributed by atoms with E-state index in [-0.39, 0.29) is 6.17 Å². The highest BCUT2D eigenvalue weighted by Crippen LogP contribution is 2.31. The lowest BCUT2D eigenvalue weighted by Crippen LogP contribution is -2.13. The lowest BCUT2D eigenvalue weighted by Gasteiger charge is -2.08. The zero-order chi connectivity index (χ0) is 9.71. The summed E-state index contributed by atoms with van der Waals surface area (Å²) in [5.41, 5.74) is 8.67. The van der Waals surface area contributed by atoms with Gasteiger partial charge < -0.3 is 10.3 Å². The van der Waals surface area contributed by atoms with Gasteiger partial charge in [-0.25, -0.2) is 0 Å². The fraction of sp³-hybridized carbons (Fsp3) is 0.273. The summed E-state index contributed by atoms with van der Waals surface area (Å²) in [7, 11) is 0. The van der Waals surface area contributed by atoms with E-state index >= 15 is 0 Å². The lowest BCUT2D eigenvalue weighted by atomic mass is 10.2. The second-order valence-corrected chi connectivity index (χ2v) is 4.73. The predicted molar refractivity (Wildman–Crippen MR) is 61.2 cm³/mol. The maximum absolute atomic E-state index is 6.05. The van der Waals surface area contributed by atoms with E-state index in [1.54, 1.807) is 0 Å². The minimum absolute atomic E-state index is 0.170. The van der Waals surface area contributed by atoms with Gasteiger partial charge >= 0.3 is 0 Å². The number of fused-ring (bicyclic) bond motifs is 3. The number of nitrogens with zero attached hydrogens (tertiary/aromatic N) is 1. The zero-order valence-electron chi connectivity index (χ0n) is 7.70. The normalized spacial score (nSPS) is 20.3. The van der Waals surface area contributed by atoms with E-state index in [2.05, 4.69) is 44.8 Å². The molecule has 0 spiro atoms. The first-order valence-corrected chi connectivity index (χ1v) is 5.60. The Balaban J connectivity index is 2.36. The number of benzene rings is 1. The molecule has 2 nitrogen and oxygen atoms in total. The van der Waals surface area contributed by atoms with E-state index in [1.165, 1.54) is 16.6 Å². The van der Waals surface area contributed by atoms with Gasteiger partial charge in [0.2, 0.25) is 0 Å². The SMILES string of the molecule is NC1CCc2cc3cc(Br)ccc3n21. The summed E-state index contributed by atoms with van der Waals surface area (Å²) < 4.78 is 3.38. The molecule has 0 saturated heterocycles. The number of rotatable bonds is 0. The van der Waals surface area contributed by atoms with Gasteiger partial charge in [-0.15, -0.1) is 0 Å². The molecule has 1 aromatic carbocycles. The van der Waals surface area contributed by atoms with Crippen LogP contribution in [0.5, 0.6) is 0 Å². The molecule has 0 amide bonds. The van der Waals surface area contributed by atoms with E-state index < -0.39 is 0 Å². The third kappa shape index (κ3) is 1.06. The Morgan fingerprint density at radius 2 is 2.21 bits per heavy atom. The summed E-state index contributed by atoms with van der Waals surface area (Å²) in [6, 6.07) is 8.59. The van der Waals surface area contributed by atoms with Crippen LogP contribution in [0, 0.1) is 0 Å². The van der Waals surface area contributed by atoms with Gasteiger partial charge in [0.05, 0.1) is 6.17 Å². The van der Waals surface area contributed by atoms with Crippen molar-refractivity contribution < 1.29 is 0 Å². The smallest absolute Gasteiger partial charge is 0.0821 e. The highest BCUT2D eigenvalue weighted by Gasteiger charge is 2.20. The summed E-state index contributed by atoms with van der Waals surface area (Å²) >= 11 is 3.48. The fourth-order valence-electron chi connectivity index (χ4n) is 2.27. The van der Waals surface area contributed by atoms with Crippen LogP contribution < -0.4 is 5.73 Å². The molecule has 14 heavy (non-hydrogen) atoms. The summed E-state index contributed by atoms with van der Waals surface area (Å²) in [5, 5.41) is 1.28. The van der Waals surface area contributed by atoms with Crippen molar-refractivity contribution in [2.45, 2.75) is 19.0 Å². The molecule has 3 heteroatoms. The molecule has 1 aromatic heterocycles. The number of halogens is 1. The van der Waals surface area contributed by atoms with Crippen LogP contribution in [-0.4, -0.2) is 4.57 Å². The molecule has 0 bridgehead atoms. The van der Waals surface area contributed by atoms with Gasteiger partial charge in [-0.3, -0.25) is 0 Å². The maximum atomic E-state index is 6.05. The second kappa shape index (κ2) is 2.84. The van der Waals surface area contributed by atoms with Crippen molar-refractivity contribution in [3.63, 3.8) is 0 Å². The molecule has 2 N–H and O–H groups in total. The Bertz CT molecular complexity index is 501. The van der Waals surface area contributed by atoms with Gasteiger partial charge in [-0.2, -0.15) is 0 Å². The Labute approximate surface area is 90.8 Å². The van der Waals surface area contributed by atoms with Gasteiger partial charge in [0.25, 0.3) is 0 Å². The highest BCUT2D eigenvalue weighted by molar-refractivity contribution is 9.10. The van der Waals surface area contributed by atoms with Gasteiger partial charge in [0.1, 0.15) is 0 Å². The third-order valence-electron chi connectivity index (χ3n) is 2.91. The van der Waals surface area contributed by atoms with Crippen LogP contribution in [0.2, 0.25) is 0 Å². The molecular formula is C11H11BrN2. The minimum atomic E-state index is 0.170. The topological polar surface area (TPSA) is 30.9 Å². The monoisotopic (exact) mass is 250 g/mol.